The first-order chi connectivity index (χ1) is 14.8. The fourth-order valence-corrected chi connectivity index (χ4v) is 4.30. The summed E-state index contributed by atoms with van der Waals surface area (Å²) in [5.74, 6) is 1.16. The van der Waals surface area contributed by atoms with Gasteiger partial charge in [-0.15, -0.1) is 0 Å². The van der Waals surface area contributed by atoms with Crippen molar-refractivity contribution >= 4 is 27.7 Å². The zero-order valence-electron chi connectivity index (χ0n) is 17.8. The van der Waals surface area contributed by atoms with Crippen LogP contribution >= 0.6 is 0 Å². The van der Waals surface area contributed by atoms with Crippen molar-refractivity contribution in [3.05, 3.63) is 36.0 Å². The van der Waals surface area contributed by atoms with Crippen LogP contribution in [0.4, 0.5) is 16.3 Å². The molecule has 0 spiro atoms. The number of anilines is 2. The molecule has 1 unspecified atom stereocenters. The summed E-state index contributed by atoms with van der Waals surface area (Å²) in [7, 11) is -3.00. The van der Waals surface area contributed by atoms with E-state index in [1.54, 1.807) is 11.0 Å². The van der Waals surface area contributed by atoms with Crippen molar-refractivity contribution in [2.24, 2.45) is 0 Å². The Hall–Kier alpha value is -2.56. The van der Waals surface area contributed by atoms with E-state index in [4.69, 9.17) is 9.72 Å². The number of carbonyl (C=O) groups excluding carboxylic acids is 1. The van der Waals surface area contributed by atoms with Crippen molar-refractivity contribution in [3.63, 3.8) is 0 Å². The summed E-state index contributed by atoms with van der Waals surface area (Å²) in [6, 6.07) is 9.15. The molecule has 0 bridgehead atoms. The lowest BCUT2D eigenvalue weighted by Crippen LogP contribution is -2.44. The normalized spacial score (nSPS) is 20.7. The number of benzene rings is 1. The molecule has 2 aliphatic rings. The molecule has 3 heterocycles. The van der Waals surface area contributed by atoms with Gasteiger partial charge >= 0.3 is 6.03 Å². The molecule has 2 atom stereocenters. The Bertz CT molecular complexity index is 990. The summed E-state index contributed by atoms with van der Waals surface area (Å²) in [6.07, 6.45) is 2.35. The van der Waals surface area contributed by atoms with Crippen LogP contribution < -0.4 is 10.2 Å². The van der Waals surface area contributed by atoms with Gasteiger partial charge in [0.1, 0.15) is 12.1 Å². The van der Waals surface area contributed by atoms with Gasteiger partial charge < -0.3 is 19.9 Å². The van der Waals surface area contributed by atoms with Crippen LogP contribution in [0.25, 0.3) is 11.4 Å². The van der Waals surface area contributed by atoms with Crippen LogP contribution in [0.5, 0.6) is 0 Å². The van der Waals surface area contributed by atoms with E-state index < -0.39 is 10.2 Å². The first kappa shape index (κ1) is 21.7. The number of hydrogen-bond acceptors (Lipinski definition) is 6. The van der Waals surface area contributed by atoms with E-state index in [1.807, 2.05) is 24.3 Å². The number of likely N-dealkylation sites (tertiary alicyclic amines) is 1. The molecular formula is C21H28N5O4S+. The van der Waals surface area contributed by atoms with Gasteiger partial charge in [-0.05, 0) is 37.6 Å². The minimum Gasteiger partial charge on any atom is -0.377 e. The van der Waals surface area contributed by atoms with Crippen molar-refractivity contribution in [2.75, 3.05) is 49.3 Å². The molecule has 10 heteroatoms. The third-order valence-electron chi connectivity index (χ3n) is 5.38. The maximum absolute atomic E-state index is 12.1. The van der Waals surface area contributed by atoms with Gasteiger partial charge in [-0.3, -0.25) is 0 Å². The maximum Gasteiger partial charge on any atom is 0.321 e. The summed E-state index contributed by atoms with van der Waals surface area (Å²) in [5, 5.41) is 2.89. The van der Waals surface area contributed by atoms with Gasteiger partial charge in [-0.25, -0.2) is 14.8 Å². The van der Waals surface area contributed by atoms with Gasteiger partial charge in [0.05, 0.1) is 24.9 Å². The largest absolute Gasteiger partial charge is 0.377 e. The van der Waals surface area contributed by atoms with E-state index in [0.717, 1.165) is 30.9 Å². The number of aromatic nitrogens is 2. The SMILES string of the molecule is C[C@H]1COCCN1c1cc(C[S+](C)(=O)O)nc(-c2ccc(NC(=O)N3CCC3)cc2)n1. The molecule has 2 amide bonds. The Kier molecular flexibility index (Phi) is 6.22. The second-order valence-electron chi connectivity index (χ2n) is 8.11. The second kappa shape index (κ2) is 8.89. The molecular weight excluding hydrogens is 418 g/mol. The summed E-state index contributed by atoms with van der Waals surface area (Å²) in [6.45, 7) is 5.54. The molecule has 1 aromatic heterocycles. The molecule has 166 valence electrons. The number of morpholine rings is 1. The maximum atomic E-state index is 12.1. The molecule has 31 heavy (non-hydrogen) atoms. The van der Waals surface area contributed by atoms with Gasteiger partial charge in [-0.1, -0.05) is 4.21 Å². The predicted molar refractivity (Wildman–Crippen MR) is 121 cm³/mol. The van der Waals surface area contributed by atoms with Crippen LogP contribution in [-0.2, 0) is 24.9 Å². The summed E-state index contributed by atoms with van der Waals surface area (Å²) in [5.41, 5.74) is 1.99. The van der Waals surface area contributed by atoms with Crippen LogP contribution in [-0.4, -0.2) is 70.6 Å². The Morgan fingerprint density at radius 2 is 2.00 bits per heavy atom. The monoisotopic (exact) mass is 446 g/mol. The Morgan fingerprint density at radius 1 is 1.26 bits per heavy atom. The van der Waals surface area contributed by atoms with E-state index in [-0.39, 0.29) is 17.8 Å². The number of nitrogens with one attached hydrogen (secondary N) is 1. The number of nitrogens with zero attached hydrogens (tertiary/aromatic N) is 4. The molecule has 2 aliphatic heterocycles. The number of amides is 2. The fraction of sp³-hybridized carbons (Fsp3) is 0.476. The third kappa shape index (κ3) is 5.38. The molecule has 9 nitrogen and oxygen atoms in total. The Morgan fingerprint density at radius 3 is 2.61 bits per heavy atom. The number of rotatable bonds is 5. The average Bonchev–Trinajstić information content (AvgIpc) is 2.66. The van der Waals surface area contributed by atoms with Crippen molar-refractivity contribution < 1.29 is 18.3 Å². The average molecular weight is 447 g/mol. The van der Waals surface area contributed by atoms with Gasteiger partial charge in [0.15, 0.2) is 11.6 Å². The van der Waals surface area contributed by atoms with Crippen LogP contribution in [0, 0.1) is 0 Å². The molecule has 2 N–H and O–H groups in total. The highest BCUT2D eigenvalue weighted by Crippen LogP contribution is 2.25. The summed E-state index contributed by atoms with van der Waals surface area (Å²) >= 11 is 0. The lowest BCUT2D eigenvalue weighted by atomic mass is 10.1. The quantitative estimate of drug-likeness (QED) is 0.680. The molecule has 0 aliphatic carbocycles. The zero-order valence-corrected chi connectivity index (χ0v) is 18.6. The molecule has 2 saturated heterocycles. The molecule has 4 rings (SSSR count). The van der Waals surface area contributed by atoms with Crippen molar-refractivity contribution in [1.29, 1.82) is 0 Å². The first-order valence-electron chi connectivity index (χ1n) is 10.4. The van der Waals surface area contributed by atoms with Crippen LogP contribution in [0.3, 0.4) is 0 Å². The molecule has 0 radical (unpaired) electrons. The zero-order chi connectivity index (χ0) is 22.0. The lowest BCUT2D eigenvalue weighted by Gasteiger charge is -2.34. The van der Waals surface area contributed by atoms with Gasteiger partial charge in [0, 0.05) is 37.0 Å². The van der Waals surface area contributed by atoms with E-state index in [0.29, 0.717) is 37.0 Å². The Balaban J connectivity index is 1.61. The first-order valence-corrected chi connectivity index (χ1v) is 12.5. The summed E-state index contributed by atoms with van der Waals surface area (Å²) in [4.78, 5) is 25.3. The second-order valence-corrected chi connectivity index (χ2v) is 10.3. The minimum absolute atomic E-state index is 0.0434. The third-order valence-corrected chi connectivity index (χ3v) is 6.21. The van der Waals surface area contributed by atoms with E-state index in [9.17, 15) is 13.6 Å². The number of ether oxygens (including phenoxy) is 1. The van der Waals surface area contributed by atoms with Gasteiger partial charge in [-0.2, -0.15) is 4.55 Å². The van der Waals surface area contributed by atoms with Crippen molar-refractivity contribution in [2.45, 2.75) is 25.1 Å². The van der Waals surface area contributed by atoms with Crippen LogP contribution in [0.2, 0.25) is 0 Å². The van der Waals surface area contributed by atoms with Crippen LogP contribution in [0.1, 0.15) is 19.0 Å². The number of hydrogen-bond donors (Lipinski definition) is 2. The Labute approximate surface area is 183 Å². The van der Waals surface area contributed by atoms with Crippen molar-refractivity contribution in [1.82, 2.24) is 14.9 Å². The lowest BCUT2D eigenvalue weighted by molar-refractivity contribution is 0.0985. The van der Waals surface area contributed by atoms with E-state index in [1.165, 1.54) is 6.26 Å². The van der Waals surface area contributed by atoms with E-state index in [2.05, 4.69) is 22.1 Å². The standard InChI is InChI=1S/C21H27N5O4S/c1-15-13-30-11-10-26(15)19-12-18(14-31(2,28)29)22-20(24-19)16-4-6-17(7-5-16)23-21(27)25-8-3-9-25/h4-7,12,15H,3,8-11,13-14H2,1-2H3,(H-,22,23,24,27,28,29)/p+1/t15-/m0/s1. The molecule has 0 saturated carbocycles. The molecule has 2 fully saturated rings. The van der Waals surface area contributed by atoms with Crippen molar-refractivity contribution in [3.8, 4) is 11.4 Å². The van der Waals surface area contributed by atoms with E-state index >= 15 is 0 Å². The fourth-order valence-electron chi connectivity index (χ4n) is 3.60. The predicted octanol–water partition coefficient (Wildman–Crippen LogP) is 2.71. The highest BCUT2D eigenvalue weighted by atomic mass is 32.3. The molecule has 2 aromatic rings. The van der Waals surface area contributed by atoms with Crippen LogP contribution in [0.15, 0.2) is 30.3 Å². The smallest absolute Gasteiger partial charge is 0.321 e. The van der Waals surface area contributed by atoms with Gasteiger partial charge in [0.25, 0.3) is 0 Å². The number of carbonyl (C=O) groups is 1. The highest BCUT2D eigenvalue weighted by molar-refractivity contribution is 7.96. The highest BCUT2D eigenvalue weighted by Gasteiger charge is 2.25. The van der Waals surface area contributed by atoms with Gasteiger partial charge in [0.2, 0.25) is 10.2 Å². The number of urea groups is 1. The topological polar surface area (TPSA) is 108 Å². The summed E-state index contributed by atoms with van der Waals surface area (Å²) < 4.78 is 27.4. The minimum atomic E-state index is -3.00. The molecule has 1 aromatic carbocycles.